The number of nitrogens with zero attached hydrogens (tertiary/aromatic N) is 4. The monoisotopic (exact) mass is 402 g/mol. The molecule has 0 saturated heterocycles. The highest BCUT2D eigenvalue weighted by atomic mass is 32.1. The number of amides is 1. The van der Waals surface area contributed by atoms with Gasteiger partial charge in [0, 0.05) is 47.0 Å². The summed E-state index contributed by atoms with van der Waals surface area (Å²) >= 11 is 1.41. The quantitative estimate of drug-likeness (QED) is 0.538. The molecule has 1 saturated carbocycles. The van der Waals surface area contributed by atoms with Gasteiger partial charge in [0.1, 0.15) is 11.6 Å². The number of nitrogens with two attached hydrogens (primary N) is 1. The highest BCUT2D eigenvalue weighted by Gasteiger charge is 2.44. The molecule has 4 aromatic rings. The van der Waals surface area contributed by atoms with Gasteiger partial charge < -0.3 is 11.1 Å². The molecule has 0 radical (unpaired) electrons. The highest BCUT2D eigenvalue weighted by Crippen LogP contribution is 2.48. The summed E-state index contributed by atoms with van der Waals surface area (Å²) < 4.78 is 4.12. The van der Waals surface area contributed by atoms with Gasteiger partial charge in [-0.05, 0) is 65.5 Å². The molecule has 0 aromatic carbocycles. The number of anilines is 2. The Morgan fingerprint density at radius 1 is 1.28 bits per heavy atom. The number of fused-ring (bicyclic) bond motifs is 1. The summed E-state index contributed by atoms with van der Waals surface area (Å²) in [7, 11) is 0. The van der Waals surface area contributed by atoms with Crippen LogP contribution in [0.3, 0.4) is 0 Å². The number of aryl methyl sites for hydroxylation is 1. The summed E-state index contributed by atoms with van der Waals surface area (Å²) in [6.07, 6.45) is 7.87. The Kier molecular flexibility index (Phi) is 4.21. The molecule has 3 N–H and O–H groups in total. The van der Waals surface area contributed by atoms with Crippen molar-refractivity contribution < 1.29 is 4.79 Å². The third-order valence-corrected chi connectivity index (χ3v) is 5.92. The average molecular weight is 402 g/mol. The predicted octanol–water partition coefficient (Wildman–Crippen LogP) is 3.78. The summed E-state index contributed by atoms with van der Waals surface area (Å²) in [4.78, 5) is 25.6. The van der Waals surface area contributed by atoms with Gasteiger partial charge in [-0.25, -0.2) is 14.3 Å². The summed E-state index contributed by atoms with van der Waals surface area (Å²) in [6.45, 7) is 2.01. The van der Waals surface area contributed by atoms with E-state index in [1.165, 1.54) is 11.5 Å². The highest BCUT2D eigenvalue weighted by molar-refractivity contribution is 7.03. The minimum atomic E-state index is -0.0278. The van der Waals surface area contributed by atoms with Gasteiger partial charge in [-0.3, -0.25) is 9.78 Å². The van der Waals surface area contributed by atoms with Gasteiger partial charge in [-0.2, -0.15) is 0 Å². The Morgan fingerprint density at radius 3 is 2.97 bits per heavy atom. The summed E-state index contributed by atoms with van der Waals surface area (Å²) in [5.41, 5.74) is 10.0. The molecule has 1 fully saturated rings. The number of aromatic nitrogens is 4. The second kappa shape index (κ2) is 6.89. The lowest BCUT2D eigenvalue weighted by molar-refractivity contribution is -0.117. The van der Waals surface area contributed by atoms with Crippen molar-refractivity contribution in [1.82, 2.24) is 19.3 Å². The third-order valence-electron chi connectivity index (χ3n) is 5.32. The molecule has 4 heterocycles. The largest absolute Gasteiger partial charge is 0.383 e. The van der Waals surface area contributed by atoms with Gasteiger partial charge >= 0.3 is 0 Å². The van der Waals surface area contributed by atoms with Crippen LogP contribution >= 0.6 is 11.5 Å². The van der Waals surface area contributed by atoms with Crippen molar-refractivity contribution in [3.05, 3.63) is 59.5 Å². The number of pyridine rings is 3. The molecule has 29 heavy (non-hydrogen) atoms. The zero-order chi connectivity index (χ0) is 20.0. The Morgan fingerprint density at radius 2 is 2.17 bits per heavy atom. The third kappa shape index (κ3) is 3.31. The van der Waals surface area contributed by atoms with Crippen LogP contribution in [0, 0.1) is 12.8 Å². The van der Waals surface area contributed by atoms with Crippen molar-refractivity contribution in [2.45, 2.75) is 19.3 Å². The normalized spacial score (nSPS) is 18.0. The molecule has 1 aliphatic carbocycles. The molecule has 7 nitrogen and oxygen atoms in total. The van der Waals surface area contributed by atoms with Gasteiger partial charge in [0.15, 0.2) is 0 Å². The van der Waals surface area contributed by atoms with E-state index in [1.807, 2.05) is 36.7 Å². The van der Waals surface area contributed by atoms with Crippen LogP contribution < -0.4 is 11.1 Å². The maximum Gasteiger partial charge on any atom is 0.229 e. The standard InChI is InChI=1S/C21H18N6OS/c1-11-2-3-23-8-16(11)18-4-12-5-19(24-9-17(12)20(22)26-18)27-21(28)15-6-14(15)13-7-25-29-10-13/h2-5,7-10,14-15H,6H2,1H3,(H2,22,26)(H,24,27,28)/t14-,15+/m1/s1. The van der Waals surface area contributed by atoms with E-state index in [1.54, 1.807) is 18.6 Å². The molecule has 0 spiro atoms. The topological polar surface area (TPSA) is 107 Å². The summed E-state index contributed by atoms with van der Waals surface area (Å²) in [6, 6.07) is 5.72. The molecule has 1 aliphatic rings. The van der Waals surface area contributed by atoms with E-state index in [2.05, 4.69) is 24.6 Å². The summed E-state index contributed by atoms with van der Waals surface area (Å²) in [5.74, 6) is 1.13. The Hall–Kier alpha value is -3.39. The predicted molar refractivity (Wildman–Crippen MR) is 114 cm³/mol. The van der Waals surface area contributed by atoms with Crippen LogP contribution in [0.5, 0.6) is 0 Å². The van der Waals surface area contributed by atoms with E-state index in [0.717, 1.165) is 39.6 Å². The molecule has 8 heteroatoms. The minimum Gasteiger partial charge on any atom is -0.383 e. The summed E-state index contributed by atoms with van der Waals surface area (Å²) in [5, 5.41) is 6.56. The van der Waals surface area contributed by atoms with Crippen LogP contribution in [-0.2, 0) is 4.79 Å². The maximum absolute atomic E-state index is 12.6. The van der Waals surface area contributed by atoms with Crippen molar-refractivity contribution >= 4 is 39.8 Å². The second-order valence-electron chi connectivity index (χ2n) is 7.27. The van der Waals surface area contributed by atoms with E-state index in [9.17, 15) is 4.79 Å². The first-order valence-corrected chi connectivity index (χ1v) is 10.1. The number of nitrogens with one attached hydrogen (secondary N) is 1. The van der Waals surface area contributed by atoms with Crippen molar-refractivity contribution in [3.8, 4) is 11.3 Å². The Balaban J connectivity index is 1.42. The van der Waals surface area contributed by atoms with Crippen molar-refractivity contribution in [3.63, 3.8) is 0 Å². The molecule has 5 rings (SSSR count). The van der Waals surface area contributed by atoms with E-state index >= 15 is 0 Å². The lowest BCUT2D eigenvalue weighted by atomic mass is 10.1. The van der Waals surface area contributed by atoms with Crippen LogP contribution in [0.25, 0.3) is 22.0 Å². The minimum absolute atomic E-state index is 0.0154. The number of hydrogen-bond acceptors (Lipinski definition) is 7. The number of carbonyl (C=O) groups is 1. The van der Waals surface area contributed by atoms with Crippen LogP contribution in [0.2, 0.25) is 0 Å². The smallest absolute Gasteiger partial charge is 0.229 e. The maximum atomic E-state index is 12.6. The van der Waals surface area contributed by atoms with Gasteiger partial charge in [-0.15, -0.1) is 0 Å². The molecule has 0 bridgehead atoms. The zero-order valence-corrected chi connectivity index (χ0v) is 16.5. The van der Waals surface area contributed by atoms with E-state index < -0.39 is 0 Å². The zero-order valence-electron chi connectivity index (χ0n) is 15.7. The van der Waals surface area contributed by atoms with E-state index in [4.69, 9.17) is 5.73 Å². The molecule has 144 valence electrons. The molecule has 4 aromatic heterocycles. The fourth-order valence-corrected chi connectivity index (χ4v) is 4.18. The fourth-order valence-electron chi connectivity index (χ4n) is 3.58. The van der Waals surface area contributed by atoms with Gasteiger partial charge in [0.2, 0.25) is 5.91 Å². The first kappa shape index (κ1) is 17.7. The Bertz CT molecular complexity index is 1220. The average Bonchev–Trinajstić information content (AvgIpc) is 3.33. The van der Waals surface area contributed by atoms with Crippen LogP contribution in [0.15, 0.2) is 48.4 Å². The van der Waals surface area contributed by atoms with E-state index in [-0.39, 0.29) is 17.7 Å². The van der Waals surface area contributed by atoms with Crippen molar-refractivity contribution in [2.75, 3.05) is 11.1 Å². The van der Waals surface area contributed by atoms with Gasteiger partial charge in [0.25, 0.3) is 0 Å². The molecular formula is C21H18N6OS. The molecule has 0 aliphatic heterocycles. The van der Waals surface area contributed by atoms with E-state index in [0.29, 0.717) is 11.6 Å². The number of nitrogen functional groups attached to an aromatic ring is 1. The fraction of sp³-hybridized carbons (Fsp3) is 0.190. The lowest BCUT2D eigenvalue weighted by Crippen LogP contribution is -2.15. The van der Waals surface area contributed by atoms with Crippen LogP contribution in [0.4, 0.5) is 11.6 Å². The van der Waals surface area contributed by atoms with Gasteiger partial charge in [-0.1, -0.05) is 0 Å². The van der Waals surface area contributed by atoms with Crippen molar-refractivity contribution in [1.29, 1.82) is 0 Å². The molecular weight excluding hydrogens is 384 g/mol. The lowest BCUT2D eigenvalue weighted by Gasteiger charge is -2.10. The first-order chi connectivity index (χ1) is 14.1. The Labute approximate surface area is 171 Å². The number of hydrogen-bond donors (Lipinski definition) is 2. The van der Waals surface area contributed by atoms with Crippen LogP contribution in [-0.4, -0.2) is 25.2 Å². The molecule has 1 amide bonds. The van der Waals surface area contributed by atoms with Crippen LogP contribution in [0.1, 0.15) is 23.5 Å². The molecule has 2 atom stereocenters. The number of carbonyl (C=O) groups excluding carboxylic acids is 1. The second-order valence-corrected chi connectivity index (χ2v) is 7.93. The SMILES string of the molecule is Cc1ccncc1-c1cc2cc(NC(=O)[C@H]3C[C@@H]3c3cnsc3)ncc2c(N)n1. The van der Waals surface area contributed by atoms with Crippen molar-refractivity contribution in [2.24, 2.45) is 5.92 Å². The van der Waals surface area contributed by atoms with Gasteiger partial charge in [0.05, 0.1) is 5.69 Å². The molecule has 0 unspecified atom stereocenters. The first-order valence-electron chi connectivity index (χ1n) is 9.27. The number of rotatable bonds is 4.